The fraction of sp³-hybridized carbons (Fsp3) is 0.136. The number of nitrogens with one attached hydrogen (secondary N) is 1. The minimum atomic E-state index is -0.128. The summed E-state index contributed by atoms with van der Waals surface area (Å²) >= 11 is 1.59. The summed E-state index contributed by atoms with van der Waals surface area (Å²) in [5.74, 6) is 0. The predicted molar refractivity (Wildman–Crippen MR) is 120 cm³/mol. The number of fused-ring (bicyclic) bond motifs is 4. The summed E-state index contributed by atoms with van der Waals surface area (Å²) in [6.07, 6.45) is 6.01. The molecule has 1 aromatic carbocycles. The minimum Gasteiger partial charge on any atom is -0.323 e. The summed E-state index contributed by atoms with van der Waals surface area (Å²) in [4.78, 5) is 22.5. The molecule has 31 heavy (non-hydrogen) atoms. The third kappa shape index (κ3) is 2.85. The van der Waals surface area contributed by atoms with Crippen LogP contribution in [0.15, 0.2) is 59.8 Å². The van der Waals surface area contributed by atoms with E-state index >= 15 is 0 Å². The molecule has 1 N–H and O–H groups in total. The lowest BCUT2D eigenvalue weighted by molar-refractivity contribution is 0.647. The summed E-state index contributed by atoms with van der Waals surface area (Å²) in [5, 5.41) is 14.3. The first-order valence-electron chi connectivity index (χ1n) is 9.84. The molecule has 5 heterocycles. The second-order valence-corrected chi connectivity index (χ2v) is 8.52. The molecule has 9 heteroatoms. The maximum Gasteiger partial charge on any atom is 0.291 e. The number of aryl methyl sites for hydroxylation is 1. The van der Waals surface area contributed by atoms with E-state index in [1.165, 1.54) is 4.68 Å². The molecule has 0 unspecified atom stereocenters. The average molecular weight is 427 g/mol. The quantitative estimate of drug-likeness (QED) is 0.466. The Kier molecular flexibility index (Phi) is 3.97. The van der Waals surface area contributed by atoms with E-state index in [9.17, 15) is 4.79 Å². The number of hydrogen-bond acceptors (Lipinski definition) is 6. The molecule has 0 bridgehead atoms. The Hall–Kier alpha value is -3.85. The molecule has 0 fully saturated rings. The minimum absolute atomic E-state index is 0.128. The van der Waals surface area contributed by atoms with Crippen molar-refractivity contribution in [1.29, 1.82) is 0 Å². The van der Waals surface area contributed by atoms with Crippen LogP contribution in [0.1, 0.15) is 16.3 Å². The SMILES string of the molecule is Cn1c2nc(Cc3ccccn3)sc2c2cnn(Cc3cccc4[nH]ncc34)c(=O)c21. The molecule has 0 spiro atoms. The molecule has 6 rings (SSSR count). The molecule has 0 aliphatic carbocycles. The largest absolute Gasteiger partial charge is 0.323 e. The first-order valence-corrected chi connectivity index (χ1v) is 10.7. The lowest BCUT2D eigenvalue weighted by atomic mass is 10.1. The molecular weight excluding hydrogens is 410 g/mol. The van der Waals surface area contributed by atoms with Gasteiger partial charge >= 0.3 is 0 Å². The van der Waals surface area contributed by atoms with Crippen molar-refractivity contribution in [3.05, 3.63) is 81.6 Å². The highest BCUT2D eigenvalue weighted by molar-refractivity contribution is 7.19. The normalized spacial score (nSPS) is 11.8. The molecule has 0 aliphatic heterocycles. The van der Waals surface area contributed by atoms with Gasteiger partial charge in [-0.2, -0.15) is 10.2 Å². The van der Waals surface area contributed by atoms with Crippen molar-refractivity contribution in [2.24, 2.45) is 7.05 Å². The maximum absolute atomic E-state index is 13.3. The van der Waals surface area contributed by atoms with Gasteiger partial charge in [-0.15, -0.1) is 11.3 Å². The van der Waals surface area contributed by atoms with Crippen LogP contribution in [-0.2, 0) is 20.0 Å². The molecule has 0 aliphatic rings. The highest BCUT2D eigenvalue weighted by atomic mass is 32.1. The summed E-state index contributed by atoms with van der Waals surface area (Å²) in [6.45, 7) is 0.378. The van der Waals surface area contributed by atoms with Crippen LogP contribution in [0.3, 0.4) is 0 Å². The van der Waals surface area contributed by atoms with E-state index in [0.717, 1.165) is 42.9 Å². The Morgan fingerprint density at radius 2 is 2.03 bits per heavy atom. The molecule has 152 valence electrons. The van der Waals surface area contributed by atoms with E-state index in [0.29, 0.717) is 18.5 Å². The number of thiazole rings is 1. The maximum atomic E-state index is 13.3. The highest BCUT2D eigenvalue weighted by Crippen LogP contribution is 2.31. The number of aromatic amines is 1. The van der Waals surface area contributed by atoms with Crippen LogP contribution >= 0.6 is 11.3 Å². The Morgan fingerprint density at radius 1 is 1.10 bits per heavy atom. The van der Waals surface area contributed by atoms with E-state index in [-0.39, 0.29) is 5.56 Å². The molecule has 0 radical (unpaired) electrons. The molecule has 0 atom stereocenters. The van der Waals surface area contributed by atoms with E-state index in [2.05, 4.69) is 20.3 Å². The van der Waals surface area contributed by atoms with Crippen molar-refractivity contribution in [2.45, 2.75) is 13.0 Å². The van der Waals surface area contributed by atoms with Gasteiger partial charge in [-0.25, -0.2) is 9.67 Å². The molecule has 0 saturated heterocycles. The molecule has 0 saturated carbocycles. The Labute approximate surface area is 179 Å². The Bertz CT molecular complexity index is 1620. The van der Waals surface area contributed by atoms with Gasteiger partial charge in [0.25, 0.3) is 5.56 Å². The number of pyridine rings is 1. The second-order valence-electron chi connectivity index (χ2n) is 7.44. The number of rotatable bonds is 4. The fourth-order valence-electron chi connectivity index (χ4n) is 4.01. The van der Waals surface area contributed by atoms with Gasteiger partial charge in [-0.05, 0) is 23.8 Å². The van der Waals surface area contributed by atoms with Gasteiger partial charge in [0.2, 0.25) is 0 Å². The lowest BCUT2D eigenvalue weighted by Crippen LogP contribution is -2.24. The van der Waals surface area contributed by atoms with Crippen LogP contribution in [-0.4, -0.2) is 34.5 Å². The van der Waals surface area contributed by atoms with Gasteiger partial charge in [-0.1, -0.05) is 18.2 Å². The standard InChI is InChI=1S/C22H17N7OS/c1-28-19-16(20-21(28)26-18(31-20)9-14-6-2-3-8-23-14)11-25-29(22(19)30)12-13-5-4-7-17-15(13)10-24-27-17/h2-8,10-11H,9,12H2,1H3,(H,24,27). The van der Waals surface area contributed by atoms with Crippen LogP contribution in [0.4, 0.5) is 0 Å². The van der Waals surface area contributed by atoms with Crippen LogP contribution in [0.25, 0.3) is 32.2 Å². The zero-order chi connectivity index (χ0) is 20.9. The molecule has 6 aromatic rings. The van der Waals surface area contributed by atoms with Gasteiger partial charge in [-0.3, -0.25) is 14.9 Å². The number of nitrogens with zero attached hydrogens (tertiary/aromatic N) is 6. The van der Waals surface area contributed by atoms with Crippen molar-refractivity contribution < 1.29 is 0 Å². The van der Waals surface area contributed by atoms with E-state index in [1.807, 2.05) is 48.0 Å². The summed E-state index contributed by atoms with van der Waals surface area (Å²) in [7, 11) is 1.89. The topological polar surface area (TPSA) is 94.3 Å². The zero-order valence-corrected chi connectivity index (χ0v) is 17.4. The van der Waals surface area contributed by atoms with Gasteiger partial charge < -0.3 is 4.57 Å². The van der Waals surface area contributed by atoms with E-state index in [1.54, 1.807) is 29.9 Å². The van der Waals surface area contributed by atoms with Crippen molar-refractivity contribution in [3.63, 3.8) is 0 Å². The Balaban J connectivity index is 1.43. The fourth-order valence-corrected chi connectivity index (χ4v) is 5.13. The molecule has 5 aromatic heterocycles. The smallest absolute Gasteiger partial charge is 0.291 e. The number of H-pyrrole nitrogens is 1. The first-order chi connectivity index (χ1) is 15.2. The highest BCUT2D eigenvalue weighted by Gasteiger charge is 2.19. The predicted octanol–water partition coefficient (Wildman–Crippen LogP) is 3.26. The second kappa shape index (κ2) is 6.85. The number of aromatic nitrogens is 7. The van der Waals surface area contributed by atoms with Crippen LogP contribution in [0.2, 0.25) is 0 Å². The summed E-state index contributed by atoms with van der Waals surface area (Å²) in [6, 6.07) is 11.8. The average Bonchev–Trinajstić information content (AvgIpc) is 3.48. The van der Waals surface area contributed by atoms with Gasteiger partial charge in [0.1, 0.15) is 10.5 Å². The van der Waals surface area contributed by atoms with Crippen molar-refractivity contribution in [3.8, 4) is 0 Å². The van der Waals surface area contributed by atoms with E-state index in [4.69, 9.17) is 4.98 Å². The van der Waals surface area contributed by atoms with Gasteiger partial charge in [0.05, 0.1) is 29.2 Å². The molecule has 8 nitrogen and oxygen atoms in total. The lowest BCUT2D eigenvalue weighted by Gasteiger charge is -2.07. The van der Waals surface area contributed by atoms with Crippen LogP contribution in [0, 0.1) is 0 Å². The first kappa shape index (κ1) is 18.0. The Morgan fingerprint density at radius 3 is 2.90 bits per heavy atom. The molecular formula is C22H17N7OS. The van der Waals surface area contributed by atoms with Crippen molar-refractivity contribution in [1.82, 2.24) is 34.5 Å². The third-order valence-electron chi connectivity index (χ3n) is 5.52. The molecule has 0 amide bonds. The summed E-state index contributed by atoms with van der Waals surface area (Å²) in [5.41, 5.74) is 4.20. The van der Waals surface area contributed by atoms with Gasteiger partial charge in [0, 0.05) is 36.1 Å². The zero-order valence-electron chi connectivity index (χ0n) is 16.6. The summed E-state index contributed by atoms with van der Waals surface area (Å²) < 4.78 is 4.36. The van der Waals surface area contributed by atoms with Crippen molar-refractivity contribution in [2.75, 3.05) is 0 Å². The van der Waals surface area contributed by atoms with Crippen molar-refractivity contribution >= 4 is 43.5 Å². The monoisotopic (exact) mass is 427 g/mol. The third-order valence-corrected chi connectivity index (χ3v) is 6.60. The number of benzene rings is 1. The van der Waals surface area contributed by atoms with E-state index < -0.39 is 0 Å². The number of hydrogen-bond donors (Lipinski definition) is 1. The van der Waals surface area contributed by atoms with Gasteiger partial charge in [0.15, 0.2) is 5.65 Å². The van der Waals surface area contributed by atoms with Crippen LogP contribution < -0.4 is 5.56 Å². The van der Waals surface area contributed by atoms with Crippen LogP contribution in [0.5, 0.6) is 0 Å².